The van der Waals surface area contributed by atoms with Gasteiger partial charge in [-0.05, 0) is 62.4 Å². The van der Waals surface area contributed by atoms with Crippen LogP contribution in [0.15, 0.2) is 28.9 Å². The van der Waals surface area contributed by atoms with E-state index in [0.29, 0.717) is 11.3 Å². The number of benzene rings is 1. The number of halogens is 3. The molecule has 0 aliphatic heterocycles. The Labute approximate surface area is 176 Å². The number of aromatic nitrogens is 1. The number of Topliss-reactive ketones (excluding diaryl/α,β-unsaturated/α-hetero) is 1. The molecule has 2 aromatic heterocycles. The van der Waals surface area contributed by atoms with E-state index in [1.165, 1.54) is 37.3 Å². The molecule has 0 saturated heterocycles. The summed E-state index contributed by atoms with van der Waals surface area (Å²) < 4.78 is 50.0. The van der Waals surface area contributed by atoms with Crippen molar-refractivity contribution < 1.29 is 31.9 Å². The van der Waals surface area contributed by atoms with Gasteiger partial charge in [0.05, 0.1) is 12.7 Å². The number of esters is 1. The largest absolute Gasteiger partial charge is 0.464 e. The van der Waals surface area contributed by atoms with Gasteiger partial charge >= 0.3 is 12.1 Å². The SMILES string of the molecule is Cc1cc(C(=O)COC(=O)Cc2coc3cc4c(cc23)CCC4)c(C)n1CC(F)(F)F. The number of hydrogen-bond acceptors (Lipinski definition) is 4. The van der Waals surface area contributed by atoms with E-state index in [2.05, 4.69) is 0 Å². The van der Waals surface area contributed by atoms with Gasteiger partial charge in [0.2, 0.25) is 5.78 Å². The molecule has 0 bridgehead atoms. The molecular formula is C23H22F3NO4. The van der Waals surface area contributed by atoms with Crippen molar-refractivity contribution in [3.05, 3.63) is 58.1 Å². The molecule has 1 aliphatic rings. The summed E-state index contributed by atoms with van der Waals surface area (Å²) in [5.74, 6) is -1.13. The molecule has 1 aliphatic carbocycles. The smallest absolute Gasteiger partial charge is 0.406 e. The Morgan fingerprint density at radius 3 is 2.55 bits per heavy atom. The van der Waals surface area contributed by atoms with E-state index in [1.54, 1.807) is 0 Å². The molecule has 0 N–H and O–H groups in total. The number of ketones is 1. The lowest BCUT2D eigenvalue weighted by atomic mass is 10.0. The number of carbonyl (C=O) groups excluding carboxylic acids is 2. The van der Waals surface area contributed by atoms with E-state index in [9.17, 15) is 22.8 Å². The summed E-state index contributed by atoms with van der Waals surface area (Å²) in [5.41, 5.74) is 4.58. The topological polar surface area (TPSA) is 61.4 Å². The van der Waals surface area contributed by atoms with Crippen molar-refractivity contribution in [3.8, 4) is 0 Å². The maximum Gasteiger partial charge on any atom is 0.406 e. The van der Waals surface area contributed by atoms with Gasteiger partial charge in [-0.15, -0.1) is 0 Å². The fourth-order valence-electron chi connectivity index (χ4n) is 4.22. The zero-order chi connectivity index (χ0) is 22.3. The molecule has 8 heteroatoms. The number of fused-ring (bicyclic) bond motifs is 2. The number of furan rings is 1. The lowest BCUT2D eigenvalue weighted by molar-refractivity contribution is -0.142. The van der Waals surface area contributed by atoms with Gasteiger partial charge in [-0.25, -0.2) is 0 Å². The third-order valence-corrected chi connectivity index (χ3v) is 5.78. The predicted octanol–water partition coefficient (Wildman–Crippen LogP) is 4.87. The first-order valence-corrected chi connectivity index (χ1v) is 10.1. The fourth-order valence-corrected chi connectivity index (χ4v) is 4.22. The highest BCUT2D eigenvalue weighted by Gasteiger charge is 2.30. The number of rotatable bonds is 6. The lowest BCUT2D eigenvalue weighted by Gasteiger charge is -2.12. The molecule has 3 aromatic rings. The molecule has 31 heavy (non-hydrogen) atoms. The van der Waals surface area contributed by atoms with Gasteiger partial charge in [0, 0.05) is 27.9 Å². The highest BCUT2D eigenvalue weighted by molar-refractivity contribution is 5.99. The first-order chi connectivity index (χ1) is 14.6. The lowest BCUT2D eigenvalue weighted by Crippen LogP contribution is -2.20. The molecule has 164 valence electrons. The second kappa shape index (κ2) is 7.90. The molecule has 0 amide bonds. The highest BCUT2D eigenvalue weighted by atomic mass is 19.4. The van der Waals surface area contributed by atoms with Crippen LogP contribution in [0.5, 0.6) is 0 Å². The maximum atomic E-state index is 12.7. The molecule has 0 atom stereocenters. The zero-order valence-corrected chi connectivity index (χ0v) is 17.3. The van der Waals surface area contributed by atoms with Gasteiger partial charge in [0.15, 0.2) is 6.61 Å². The van der Waals surface area contributed by atoms with Gasteiger partial charge in [-0.1, -0.05) is 0 Å². The van der Waals surface area contributed by atoms with Crippen LogP contribution in [0.2, 0.25) is 0 Å². The van der Waals surface area contributed by atoms with E-state index >= 15 is 0 Å². The van der Waals surface area contributed by atoms with Crippen LogP contribution in [-0.4, -0.2) is 29.1 Å². The van der Waals surface area contributed by atoms with Crippen molar-refractivity contribution in [1.29, 1.82) is 0 Å². The maximum absolute atomic E-state index is 12.7. The highest BCUT2D eigenvalue weighted by Crippen LogP contribution is 2.30. The Bertz CT molecular complexity index is 1170. The van der Waals surface area contributed by atoms with Crippen molar-refractivity contribution in [3.63, 3.8) is 0 Å². The number of hydrogen-bond donors (Lipinski definition) is 0. The molecule has 2 heterocycles. The minimum Gasteiger partial charge on any atom is -0.464 e. The fraction of sp³-hybridized carbons (Fsp3) is 0.391. The average molecular weight is 433 g/mol. The van der Waals surface area contributed by atoms with Gasteiger partial charge in [-0.3, -0.25) is 9.59 Å². The zero-order valence-electron chi connectivity index (χ0n) is 17.3. The van der Waals surface area contributed by atoms with Crippen molar-refractivity contribution in [2.24, 2.45) is 0 Å². The van der Waals surface area contributed by atoms with Crippen molar-refractivity contribution >= 4 is 22.7 Å². The Morgan fingerprint density at radius 2 is 1.84 bits per heavy atom. The van der Waals surface area contributed by atoms with Crippen LogP contribution in [0.4, 0.5) is 13.2 Å². The normalized spacial score (nSPS) is 13.6. The first kappa shape index (κ1) is 21.2. The third kappa shape index (κ3) is 4.38. The minimum absolute atomic E-state index is 0.0494. The van der Waals surface area contributed by atoms with Crippen LogP contribution in [0, 0.1) is 13.8 Å². The summed E-state index contributed by atoms with van der Waals surface area (Å²) in [6.07, 6.45) is 0.205. The quantitative estimate of drug-likeness (QED) is 0.411. The van der Waals surface area contributed by atoms with E-state index in [0.717, 1.165) is 34.8 Å². The Kier molecular flexibility index (Phi) is 5.41. The molecule has 1 aromatic carbocycles. The summed E-state index contributed by atoms with van der Waals surface area (Å²) in [6, 6.07) is 5.44. The number of carbonyl (C=O) groups is 2. The molecule has 0 unspecified atom stereocenters. The van der Waals surface area contributed by atoms with Crippen molar-refractivity contribution in [1.82, 2.24) is 4.57 Å². The summed E-state index contributed by atoms with van der Waals surface area (Å²) in [6.45, 7) is 1.25. The van der Waals surface area contributed by atoms with Gasteiger partial charge in [0.25, 0.3) is 0 Å². The minimum atomic E-state index is -4.39. The van der Waals surface area contributed by atoms with Crippen LogP contribution in [0.1, 0.15) is 44.9 Å². The molecule has 0 fully saturated rings. The molecule has 5 nitrogen and oxygen atoms in total. The average Bonchev–Trinajstić information content (AvgIpc) is 3.38. The number of ether oxygens (including phenoxy) is 1. The molecule has 0 saturated carbocycles. The van der Waals surface area contributed by atoms with E-state index in [-0.39, 0.29) is 17.7 Å². The van der Waals surface area contributed by atoms with Crippen LogP contribution < -0.4 is 0 Å². The van der Waals surface area contributed by atoms with Crippen molar-refractivity contribution in [2.75, 3.05) is 6.61 Å². The van der Waals surface area contributed by atoms with Crippen molar-refractivity contribution in [2.45, 2.75) is 52.3 Å². The Morgan fingerprint density at radius 1 is 1.13 bits per heavy atom. The Hall–Kier alpha value is -3.03. The van der Waals surface area contributed by atoms with Gasteiger partial charge < -0.3 is 13.7 Å². The number of alkyl halides is 3. The van der Waals surface area contributed by atoms with Crippen LogP contribution in [0.3, 0.4) is 0 Å². The second-order valence-corrected chi connectivity index (χ2v) is 7.98. The first-order valence-electron chi connectivity index (χ1n) is 10.1. The monoisotopic (exact) mass is 433 g/mol. The standard InChI is InChI=1S/C23H22F3NO4/c1-13-6-18(14(2)27(13)12-23(24,25)26)20(28)11-31-22(29)9-17-10-30-21-8-16-5-3-4-15(16)7-19(17)21/h6-8,10H,3-5,9,11-12H2,1-2H3. The van der Waals surface area contributed by atoms with Crippen LogP contribution in [-0.2, 0) is 35.3 Å². The summed E-state index contributed by atoms with van der Waals surface area (Å²) in [4.78, 5) is 24.8. The van der Waals surface area contributed by atoms with Crippen LogP contribution >= 0.6 is 0 Å². The summed E-state index contributed by atoms with van der Waals surface area (Å²) in [5, 5.41) is 0.861. The third-order valence-electron chi connectivity index (χ3n) is 5.78. The predicted molar refractivity (Wildman–Crippen MR) is 107 cm³/mol. The van der Waals surface area contributed by atoms with Gasteiger partial charge in [0.1, 0.15) is 12.1 Å². The molecule has 0 spiro atoms. The molecule has 0 radical (unpaired) electrons. The molecular weight excluding hydrogens is 411 g/mol. The summed E-state index contributed by atoms with van der Waals surface area (Å²) in [7, 11) is 0. The van der Waals surface area contributed by atoms with Gasteiger partial charge in [-0.2, -0.15) is 13.2 Å². The second-order valence-electron chi connectivity index (χ2n) is 7.98. The number of nitrogens with zero attached hydrogens (tertiary/aromatic N) is 1. The van der Waals surface area contributed by atoms with Crippen LogP contribution in [0.25, 0.3) is 11.0 Å². The van der Waals surface area contributed by atoms with E-state index < -0.39 is 31.1 Å². The summed E-state index contributed by atoms with van der Waals surface area (Å²) >= 11 is 0. The Balaban J connectivity index is 1.41. The number of aryl methyl sites for hydroxylation is 3. The molecule has 4 rings (SSSR count). The van der Waals surface area contributed by atoms with E-state index in [4.69, 9.17) is 9.15 Å². The van der Waals surface area contributed by atoms with E-state index in [1.807, 2.05) is 12.1 Å².